The molecule has 5 rings (SSSR count). The Hall–Kier alpha value is -4.32. The summed E-state index contributed by atoms with van der Waals surface area (Å²) >= 11 is 0. The number of para-hydroxylation sites is 2. The minimum absolute atomic E-state index is 0.159. The van der Waals surface area contributed by atoms with Gasteiger partial charge in [-0.05, 0) is 64.1 Å². The van der Waals surface area contributed by atoms with Crippen molar-refractivity contribution in [1.82, 2.24) is 9.13 Å². The van der Waals surface area contributed by atoms with Crippen molar-refractivity contribution >= 4 is 33.7 Å². The van der Waals surface area contributed by atoms with Crippen molar-refractivity contribution in [3.05, 3.63) is 95.3 Å². The van der Waals surface area contributed by atoms with E-state index in [1.165, 1.54) is 0 Å². The summed E-state index contributed by atoms with van der Waals surface area (Å²) in [7, 11) is 0. The molecule has 5 aromatic rings. The minimum atomic E-state index is -0.600. The Bertz CT molecular complexity index is 1500. The fourth-order valence-corrected chi connectivity index (χ4v) is 5.01. The van der Waals surface area contributed by atoms with Crippen molar-refractivity contribution in [2.75, 3.05) is 0 Å². The molecule has 6 nitrogen and oxygen atoms in total. The molecule has 0 saturated carbocycles. The number of hydrogen-bond donors (Lipinski definition) is 0. The highest BCUT2D eigenvalue weighted by Crippen LogP contribution is 2.35. The number of carbonyl (C=O) groups excluding carboxylic acids is 2. The SMILES string of the molecule is CCn1c(C)c(OC(=O)c2ccccc2C(=O)Oc2c(C)n(CC)c3ccccc23)c2ccccc21. The Morgan fingerprint density at radius 3 is 1.36 bits per heavy atom. The van der Waals surface area contributed by atoms with Crippen LogP contribution in [-0.2, 0) is 13.1 Å². The first-order valence-corrected chi connectivity index (χ1v) is 12.1. The molecule has 182 valence electrons. The number of nitrogens with zero attached hydrogens (tertiary/aromatic N) is 2. The maximum Gasteiger partial charge on any atom is 0.344 e. The monoisotopic (exact) mass is 480 g/mol. The minimum Gasteiger partial charge on any atom is -0.420 e. The van der Waals surface area contributed by atoms with Crippen molar-refractivity contribution in [3.8, 4) is 11.5 Å². The van der Waals surface area contributed by atoms with E-state index in [1.54, 1.807) is 24.3 Å². The molecular weight excluding hydrogens is 452 g/mol. The standard InChI is InChI=1S/C30H28N2O4/c1-5-31-19(3)27(23-15-9-11-17-25(23)31)35-29(33)21-13-7-8-14-22(21)30(34)36-28-20(4)32(6-2)26-18-12-10-16-24(26)28/h7-18H,5-6H2,1-4H3. The van der Waals surface area contributed by atoms with Crippen LogP contribution in [0.15, 0.2) is 72.8 Å². The van der Waals surface area contributed by atoms with Gasteiger partial charge in [-0.15, -0.1) is 0 Å². The summed E-state index contributed by atoms with van der Waals surface area (Å²) < 4.78 is 16.0. The van der Waals surface area contributed by atoms with Crippen molar-refractivity contribution < 1.29 is 19.1 Å². The molecule has 0 N–H and O–H groups in total. The molecule has 2 aromatic heterocycles. The molecule has 0 fully saturated rings. The molecule has 0 unspecified atom stereocenters. The van der Waals surface area contributed by atoms with Gasteiger partial charge in [-0.25, -0.2) is 9.59 Å². The predicted octanol–water partition coefficient (Wildman–Crippen LogP) is 6.69. The van der Waals surface area contributed by atoms with E-state index in [-0.39, 0.29) is 11.1 Å². The van der Waals surface area contributed by atoms with Crippen molar-refractivity contribution in [3.63, 3.8) is 0 Å². The zero-order valence-electron chi connectivity index (χ0n) is 20.9. The molecule has 0 aliphatic rings. The van der Waals surface area contributed by atoms with Gasteiger partial charge in [-0.2, -0.15) is 0 Å². The molecule has 0 aliphatic carbocycles. The van der Waals surface area contributed by atoms with E-state index in [0.717, 1.165) is 46.3 Å². The maximum absolute atomic E-state index is 13.4. The van der Waals surface area contributed by atoms with Crippen molar-refractivity contribution in [1.29, 1.82) is 0 Å². The van der Waals surface area contributed by atoms with Crippen LogP contribution < -0.4 is 9.47 Å². The molecule has 0 aliphatic heterocycles. The third kappa shape index (κ3) is 3.75. The summed E-state index contributed by atoms with van der Waals surface area (Å²) in [5.74, 6) is -0.195. The van der Waals surface area contributed by atoms with Gasteiger partial charge >= 0.3 is 11.9 Å². The molecule has 3 aromatic carbocycles. The van der Waals surface area contributed by atoms with E-state index in [1.807, 2.05) is 76.2 Å². The zero-order chi connectivity index (χ0) is 25.4. The van der Waals surface area contributed by atoms with Gasteiger partial charge in [-0.1, -0.05) is 36.4 Å². The summed E-state index contributed by atoms with van der Waals surface area (Å²) in [5, 5.41) is 1.71. The highest BCUT2D eigenvalue weighted by molar-refractivity contribution is 6.06. The summed E-state index contributed by atoms with van der Waals surface area (Å²) in [6.45, 7) is 9.45. The van der Waals surface area contributed by atoms with Gasteiger partial charge in [0.05, 0.1) is 33.5 Å². The Morgan fingerprint density at radius 1 is 0.611 bits per heavy atom. The van der Waals surface area contributed by atoms with E-state index < -0.39 is 11.9 Å². The zero-order valence-corrected chi connectivity index (χ0v) is 20.9. The Balaban J connectivity index is 1.50. The second-order valence-corrected chi connectivity index (χ2v) is 8.68. The van der Waals surface area contributed by atoms with Gasteiger partial charge in [0.1, 0.15) is 0 Å². The predicted molar refractivity (Wildman–Crippen MR) is 141 cm³/mol. The van der Waals surface area contributed by atoms with Crippen LogP contribution in [0.25, 0.3) is 21.8 Å². The third-order valence-corrected chi connectivity index (χ3v) is 6.73. The molecule has 6 heteroatoms. The summed E-state index contributed by atoms with van der Waals surface area (Å²) in [4.78, 5) is 26.7. The fourth-order valence-electron chi connectivity index (χ4n) is 5.01. The van der Waals surface area contributed by atoms with Crippen LogP contribution in [0.4, 0.5) is 0 Å². The molecule has 0 radical (unpaired) electrons. The van der Waals surface area contributed by atoms with Gasteiger partial charge in [0.25, 0.3) is 0 Å². The quantitative estimate of drug-likeness (QED) is 0.254. The number of hydrogen-bond acceptors (Lipinski definition) is 4. The van der Waals surface area contributed by atoms with Gasteiger partial charge < -0.3 is 18.6 Å². The Labute approximate surface area is 209 Å². The summed E-state index contributed by atoms with van der Waals surface area (Å²) in [6.07, 6.45) is 0. The number of aryl methyl sites for hydroxylation is 2. The first-order valence-electron chi connectivity index (χ1n) is 12.1. The van der Waals surface area contributed by atoms with E-state index in [0.29, 0.717) is 11.5 Å². The average Bonchev–Trinajstić information content (AvgIpc) is 3.33. The van der Waals surface area contributed by atoms with E-state index in [4.69, 9.17) is 9.47 Å². The third-order valence-electron chi connectivity index (χ3n) is 6.73. The normalized spacial score (nSPS) is 11.2. The van der Waals surface area contributed by atoms with E-state index in [9.17, 15) is 9.59 Å². The fraction of sp³-hybridized carbons (Fsp3) is 0.200. The smallest absolute Gasteiger partial charge is 0.344 e. The second kappa shape index (κ2) is 9.38. The summed E-state index contributed by atoms with van der Waals surface area (Å²) in [6, 6.07) is 22.2. The number of rotatable bonds is 6. The first-order chi connectivity index (χ1) is 17.5. The highest BCUT2D eigenvalue weighted by Gasteiger charge is 2.25. The van der Waals surface area contributed by atoms with Crippen LogP contribution in [0.3, 0.4) is 0 Å². The van der Waals surface area contributed by atoms with E-state index >= 15 is 0 Å². The lowest BCUT2D eigenvalue weighted by molar-refractivity contribution is 0.0693. The number of carbonyl (C=O) groups is 2. The molecule has 2 heterocycles. The van der Waals surface area contributed by atoms with E-state index in [2.05, 4.69) is 9.13 Å². The number of ether oxygens (including phenoxy) is 2. The molecule has 0 amide bonds. The topological polar surface area (TPSA) is 62.5 Å². The van der Waals surface area contributed by atoms with Crippen LogP contribution in [0.2, 0.25) is 0 Å². The van der Waals surface area contributed by atoms with Crippen LogP contribution in [-0.4, -0.2) is 21.1 Å². The van der Waals surface area contributed by atoms with Crippen molar-refractivity contribution in [2.24, 2.45) is 0 Å². The van der Waals surface area contributed by atoms with Gasteiger partial charge in [0, 0.05) is 23.9 Å². The molecule has 0 spiro atoms. The van der Waals surface area contributed by atoms with Crippen LogP contribution >= 0.6 is 0 Å². The first kappa shape index (κ1) is 23.4. The van der Waals surface area contributed by atoms with Crippen LogP contribution in [0.5, 0.6) is 11.5 Å². The number of fused-ring (bicyclic) bond motifs is 2. The lowest BCUT2D eigenvalue weighted by Crippen LogP contribution is -2.18. The average molecular weight is 481 g/mol. The van der Waals surface area contributed by atoms with Crippen LogP contribution in [0, 0.1) is 13.8 Å². The largest absolute Gasteiger partial charge is 0.420 e. The van der Waals surface area contributed by atoms with Gasteiger partial charge in [0.15, 0.2) is 11.5 Å². The molecule has 36 heavy (non-hydrogen) atoms. The van der Waals surface area contributed by atoms with Crippen LogP contribution in [0.1, 0.15) is 46.0 Å². The lowest BCUT2D eigenvalue weighted by atomic mass is 10.1. The Kier molecular flexibility index (Phi) is 6.10. The number of esters is 2. The Morgan fingerprint density at radius 2 is 0.972 bits per heavy atom. The van der Waals surface area contributed by atoms with Crippen molar-refractivity contribution in [2.45, 2.75) is 40.8 Å². The second-order valence-electron chi connectivity index (χ2n) is 8.68. The highest BCUT2D eigenvalue weighted by atomic mass is 16.5. The molecular formula is C30H28N2O4. The molecule has 0 saturated heterocycles. The molecule has 0 atom stereocenters. The maximum atomic E-state index is 13.4. The van der Waals surface area contributed by atoms with Gasteiger partial charge in [0.2, 0.25) is 0 Å². The van der Waals surface area contributed by atoms with Gasteiger partial charge in [-0.3, -0.25) is 0 Å². The lowest BCUT2D eigenvalue weighted by Gasteiger charge is -2.11. The number of aromatic nitrogens is 2. The number of benzene rings is 3. The summed E-state index contributed by atoms with van der Waals surface area (Å²) in [5.41, 5.74) is 4.02. The molecule has 0 bridgehead atoms.